The molecule has 0 aromatic heterocycles. The topological polar surface area (TPSA) is 86.8 Å². The number of anilines is 2. The molecule has 2 amide bonds. The number of hydrogen-bond acceptors (Lipinski definition) is 4. The van der Waals surface area contributed by atoms with Gasteiger partial charge in [-0.25, -0.2) is 8.42 Å². The van der Waals surface area contributed by atoms with E-state index in [1.54, 1.807) is 80.8 Å². The Bertz CT molecular complexity index is 1190. The third kappa shape index (κ3) is 5.33. The lowest BCUT2D eigenvalue weighted by Crippen LogP contribution is -2.38. The number of para-hydroxylation sites is 1. The van der Waals surface area contributed by atoms with Crippen molar-refractivity contribution >= 4 is 33.2 Å². The van der Waals surface area contributed by atoms with Crippen LogP contribution in [0.1, 0.15) is 15.9 Å². The lowest BCUT2D eigenvalue weighted by atomic mass is 10.2. The molecule has 0 bridgehead atoms. The first-order valence-electron chi connectivity index (χ1n) is 9.94. The van der Waals surface area contributed by atoms with Crippen molar-refractivity contribution in [1.29, 1.82) is 0 Å². The highest BCUT2D eigenvalue weighted by molar-refractivity contribution is 7.92. The van der Waals surface area contributed by atoms with E-state index in [4.69, 9.17) is 0 Å². The summed E-state index contributed by atoms with van der Waals surface area (Å²) < 4.78 is 27.7. The first-order valence-corrected chi connectivity index (χ1v) is 11.4. The third-order valence-electron chi connectivity index (χ3n) is 4.76. The molecule has 166 valence electrons. The minimum absolute atomic E-state index is 0.103. The van der Waals surface area contributed by atoms with Gasteiger partial charge in [-0.1, -0.05) is 35.9 Å². The van der Waals surface area contributed by atoms with Gasteiger partial charge < -0.3 is 10.2 Å². The van der Waals surface area contributed by atoms with Crippen LogP contribution in [-0.2, 0) is 14.8 Å². The Labute approximate surface area is 188 Å². The zero-order valence-corrected chi connectivity index (χ0v) is 19.0. The quantitative estimate of drug-likeness (QED) is 0.595. The van der Waals surface area contributed by atoms with Crippen LogP contribution in [0.2, 0.25) is 0 Å². The van der Waals surface area contributed by atoms with Gasteiger partial charge in [0.2, 0.25) is 5.91 Å². The van der Waals surface area contributed by atoms with Gasteiger partial charge in [0.15, 0.2) is 0 Å². The van der Waals surface area contributed by atoms with Crippen molar-refractivity contribution < 1.29 is 18.0 Å². The molecular formula is C24H25N3O4S. The molecule has 0 unspecified atom stereocenters. The number of rotatable bonds is 7. The average Bonchev–Trinajstić information content (AvgIpc) is 2.78. The number of nitrogens with zero attached hydrogens (tertiary/aromatic N) is 2. The molecule has 0 heterocycles. The number of carbonyl (C=O) groups excluding carboxylic acids is 2. The lowest BCUT2D eigenvalue weighted by Gasteiger charge is -2.24. The molecule has 0 radical (unpaired) electrons. The third-order valence-corrected chi connectivity index (χ3v) is 6.55. The van der Waals surface area contributed by atoms with E-state index in [-0.39, 0.29) is 10.8 Å². The first kappa shape index (κ1) is 23.0. The summed E-state index contributed by atoms with van der Waals surface area (Å²) in [6.07, 6.45) is 0. The van der Waals surface area contributed by atoms with Gasteiger partial charge in [-0.3, -0.25) is 13.9 Å². The number of benzene rings is 3. The average molecular weight is 452 g/mol. The summed E-state index contributed by atoms with van der Waals surface area (Å²) in [5.41, 5.74) is 2.27. The number of aryl methyl sites for hydroxylation is 1. The molecule has 0 aliphatic carbocycles. The lowest BCUT2D eigenvalue weighted by molar-refractivity contribution is -0.114. The number of amides is 2. The van der Waals surface area contributed by atoms with Crippen LogP contribution in [0.25, 0.3) is 0 Å². The van der Waals surface area contributed by atoms with Crippen LogP contribution in [-0.4, -0.2) is 45.8 Å². The van der Waals surface area contributed by atoms with E-state index in [0.29, 0.717) is 16.9 Å². The summed E-state index contributed by atoms with van der Waals surface area (Å²) >= 11 is 0. The van der Waals surface area contributed by atoms with Gasteiger partial charge in [-0.2, -0.15) is 0 Å². The minimum atomic E-state index is -3.96. The van der Waals surface area contributed by atoms with E-state index in [0.717, 1.165) is 9.87 Å². The van der Waals surface area contributed by atoms with Crippen LogP contribution in [0.4, 0.5) is 11.4 Å². The SMILES string of the molecule is Cc1ccc(S(=O)(=O)N(CC(=O)Nc2ccc(C(=O)N(C)C)cc2)c2ccccc2)cc1. The van der Waals surface area contributed by atoms with Crippen LogP contribution in [0.3, 0.4) is 0 Å². The van der Waals surface area contributed by atoms with Gasteiger partial charge >= 0.3 is 0 Å². The van der Waals surface area contributed by atoms with Crippen molar-refractivity contribution in [3.05, 3.63) is 90.0 Å². The van der Waals surface area contributed by atoms with E-state index in [1.165, 1.54) is 17.0 Å². The summed E-state index contributed by atoms with van der Waals surface area (Å²) in [4.78, 5) is 26.3. The molecule has 8 heteroatoms. The molecule has 7 nitrogen and oxygen atoms in total. The van der Waals surface area contributed by atoms with Crippen LogP contribution < -0.4 is 9.62 Å². The summed E-state index contributed by atoms with van der Waals surface area (Å²) in [5, 5.41) is 2.70. The van der Waals surface area contributed by atoms with Crippen molar-refractivity contribution in [1.82, 2.24) is 4.90 Å². The second-order valence-corrected chi connectivity index (χ2v) is 9.35. The zero-order valence-electron chi connectivity index (χ0n) is 18.1. The fourth-order valence-electron chi connectivity index (χ4n) is 3.03. The smallest absolute Gasteiger partial charge is 0.264 e. The van der Waals surface area contributed by atoms with E-state index in [1.807, 2.05) is 6.92 Å². The Morgan fingerprint density at radius 3 is 2.00 bits per heavy atom. The minimum Gasteiger partial charge on any atom is -0.345 e. The van der Waals surface area contributed by atoms with Crippen molar-refractivity contribution in [2.45, 2.75) is 11.8 Å². The molecule has 0 saturated carbocycles. The summed E-state index contributed by atoms with van der Waals surface area (Å²) in [6, 6.07) is 21.4. The molecule has 0 aliphatic rings. The maximum Gasteiger partial charge on any atom is 0.264 e. The van der Waals surface area contributed by atoms with Gasteiger partial charge in [0.25, 0.3) is 15.9 Å². The zero-order chi connectivity index (χ0) is 23.3. The molecular weight excluding hydrogens is 426 g/mol. The predicted molar refractivity (Wildman–Crippen MR) is 125 cm³/mol. The molecule has 3 rings (SSSR count). The molecule has 0 aliphatic heterocycles. The van der Waals surface area contributed by atoms with Crippen LogP contribution in [0.5, 0.6) is 0 Å². The number of sulfonamides is 1. The molecule has 3 aromatic rings. The Balaban J connectivity index is 1.83. The van der Waals surface area contributed by atoms with Crippen molar-refractivity contribution in [3.63, 3.8) is 0 Å². The fourth-order valence-corrected chi connectivity index (χ4v) is 4.45. The molecule has 0 saturated heterocycles. The van der Waals surface area contributed by atoms with Gasteiger partial charge in [-0.15, -0.1) is 0 Å². The van der Waals surface area contributed by atoms with Crippen molar-refractivity contribution in [2.24, 2.45) is 0 Å². The highest BCUT2D eigenvalue weighted by Gasteiger charge is 2.27. The van der Waals surface area contributed by atoms with Crippen LogP contribution in [0, 0.1) is 6.92 Å². The highest BCUT2D eigenvalue weighted by atomic mass is 32.2. The van der Waals surface area contributed by atoms with E-state index in [2.05, 4.69) is 5.32 Å². The Kier molecular flexibility index (Phi) is 6.95. The molecule has 3 aromatic carbocycles. The van der Waals surface area contributed by atoms with Gasteiger partial charge in [0.05, 0.1) is 10.6 Å². The Morgan fingerprint density at radius 2 is 1.44 bits per heavy atom. The normalized spacial score (nSPS) is 11.0. The maximum atomic E-state index is 13.3. The molecule has 32 heavy (non-hydrogen) atoms. The maximum absolute atomic E-state index is 13.3. The van der Waals surface area contributed by atoms with E-state index >= 15 is 0 Å². The fraction of sp³-hybridized carbons (Fsp3) is 0.167. The van der Waals surface area contributed by atoms with E-state index < -0.39 is 22.5 Å². The number of nitrogens with one attached hydrogen (secondary N) is 1. The van der Waals surface area contributed by atoms with Crippen LogP contribution >= 0.6 is 0 Å². The number of carbonyl (C=O) groups is 2. The van der Waals surface area contributed by atoms with Crippen molar-refractivity contribution in [2.75, 3.05) is 30.3 Å². The predicted octanol–water partition coefficient (Wildman–Crippen LogP) is 3.53. The molecule has 0 spiro atoms. The van der Waals surface area contributed by atoms with Crippen LogP contribution in [0.15, 0.2) is 83.8 Å². The Morgan fingerprint density at radius 1 is 0.844 bits per heavy atom. The Hall–Kier alpha value is -3.65. The second-order valence-electron chi connectivity index (χ2n) is 7.49. The molecule has 0 fully saturated rings. The molecule has 0 atom stereocenters. The van der Waals surface area contributed by atoms with Gasteiger partial charge in [-0.05, 0) is 55.5 Å². The largest absolute Gasteiger partial charge is 0.345 e. The summed E-state index contributed by atoms with van der Waals surface area (Å²) in [5.74, 6) is -0.654. The van der Waals surface area contributed by atoms with Gasteiger partial charge in [0.1, 0.15) is 6.54 Å². The standard InChI is InChI=1S/C24H25N3O4S/c1-18-9-15-22(16-10-18)32(30,31)27(21-7-5-4-6-8-21)17-23(28)25-20-13-11-19(12-14-20)24(29)26(2)3/h4-16H,17H2,1-3H3,(H,25,28). The van der Waals surface area contributed by atoms with Crippen molar-refractivity contribution in [3.8, 4) is 0 Å². The summed E-state index contributed by atoms with van der Waals surface area (Å²) in [7, 11) is -0.649. The highest BCUT2D eigenvalue weighted by Crippen LogP contribution is 2.24. The first-order chi connectivity index (χ1) is 15.2. The number of hydrogen-bond donors (Lipinski definition) is 1. The molecule has 1 N–H and O–H groups in total. The monoisotopic (exact) mass is 451 g/mol. The second kappa shape index (κ2) is 9.65. The van der Waals surface area contributed by atoms with Gasteiger partial charge in [0, 0.05) is 25.3 Å². The van der Waals surface area contributed by atoms with E-state index in [9.17, 15) is 18.0 Å². The summed E-state index contributed by atoms with van der Waals surface area (Å²) in [6.45, 7) is 1.47.